The van der Waals surface area contributed by atoms with E-state index >= 15 is 0 Å². The average molecular weight is 298 g/mol. The van der Waals surface area contributed by atoms with Gasteiger partial charge in [-0.25, -0.2) is 4.98 Å². The number of benzene rings is 1. The highest BCUT2D eigenvalue weighted by atomic mass is 16.5. The van der Waals surface area contributed by atoms with E-state index in [0.717, 1.165) is 43.2 Å². The lowest BCUT2D eigenvalue weighted by Gasteiger charge is -2.13. The van der Waals surface area contributed by atoms with Crippen LogP contribution in [0.5, 0.6) is 0 Å². The highest BCUT2D eigenvalue weighted by Gasteiger charge is 2.15. The van der Waals surface area contributed by atoms with Crippen molar-refractivity contribution >= 4 is 17.5 Å². The van der Waals surface area contributed by atoms with E-state index in [9.17, 15) is 0 Å². The molecule has 0 saturated carbocycles. The number of aryl methyl sites for hydroxylation is 2. The van der Waals surface area contributed by atoms with Gasteiger partial charge in [0, 0.05) is 30.6 Å². The van der Waals surface area contributed by atoms with Gasteiger partial charge in [0.25, 0.3) is 0 Å². The van der Waals surface area contributed by atoms with Crippen molar-refractivity contribution < 1.29 is 4.74 Å². The van der Waals surface area contributed by atoms with Crippen LogP contribution in [0.25, 0.3) is 0 Å². The Morgan fingerprint density at radius 3 is 2.91 bits per heavy atom. The van der Waals surface area contributed by atoms with E-state index in [1.165, 1.54) is 5.56 Å². The molecule has 22 heavy (non-hydrogen) atoms. The van der Waals surface area contributed by atoms with E-state index in [2.05, 4.69) is 39.7 Å². The number of rotatable bonds is 5. The topological polar surface area (TPSA) is 59.1 Å². The van der Waals surface area contributed by atoms with Gasteiger partial charge in [0.1, 0.15) is 5.82 Å². The molecule has 0 aliphatic carbocycles. The quantitative estimate of drug-likeness (QED) is 0.885. The van der Waals surface area contributed by atoms with Crippen LogP contribution in [0, 0.1) is 13.8 Å². The van der Waals surface area contributed by atoms with Crippen molar-refractivity contribution in [1.29, 1.82) is 0 Å². The van der Waals surface area contributed by atoms with E-state index in [-0.39, 0.29) is 6.10 Å². The van der Waals surface area contributed by atoms with Crippen molar-refractivity contribution in [3.63, 3.8) is 0 Å². The molecule has 2 N–H and O–H groups in total. The van der Waals surface area contributed by atoms with Crippen LogP contribution in [0.1, 0.15) is 24.1 Å². The Kier molecular flexibility index (Phi) is 4.53. The monoisotopic (exact) mass is 298 g/mol. The third-order valence-corrected chi connectivity index (χ3v) is 3.66. The second kappa shape index (κ2) is 6.75. The smallest absolute Gasteiger partial charge is 0.224 e. The Morgan fingerprint density at radius 2 is 2.14 bits per heavy atom. The van der Waals surface area contributed by atoms with E-state index in [0.29, 0.717) is 5.95 Å². The van der Waals surface area contributed by atoms with Crippen molar-refractivity contribution in [2.24, 2.45) is 0 Å². The molecule has 1 aliphatic heterocycles. The predicted octanol–water partition coefficient (Wildman–Crippen LogP) is 3.43. The van der Waals surface area contributed by atoms with Crippen molar-refractivity contribution in [3.8, 4) is 0 Å². The largest absolute Gasteiger partial charge is 0.376 e. The zero-order valence-electron chi connectivity index (χ0n) is 13.1. The van der Waals surface area contributed by atoms with Gasteiger partial charge < -0.3 is 15.4 Å². The van der Waals surface area contributed by atoms with E-state index < -0.39 is 0 Å². The number of ether oxygens (including phenoxy) is 1. The van der Waals surface area contributed by atoms with Gasteiger partial charge in [-0.15, -0.1) is 0 Å². The maximum absolute atomic E-state index is 5.61. The van der Waals surface area contributed by atoms with Gasteiger partial charge in [-0.05, 0) is 44.4 Å². The van der Waals surface area contributed by atoms with Crippen LogP contribution in [-0.2, 0) is 4.74 Å². The first-order valence-corrected chi connectivity index (χ1v) is 7.74. The maximum atomic E-state index is 5.61. The van der Waals surface area contributed by atoms with Crippen LogP contribution in [0.2, 0.25) is 0 Å². The molecule has 1 saturated heterocycles. The molecule has 0 radical (unpaired) electrons. The average Bonchev–Trinajstić information content (AvgIpc) is 2.98. The van der Waals surface area contributed by atoms with E-state index in [1.54, 1.807) is 0 Å². The van der Waals surface area contributed by atoms with Gasteiger partial charge in [-0.2, -0.15) is 4.98 Å². The van der Waals surface area contributed by atoms with Crippen molar-refractivity contribution in [1.82, 2.24) is 9.97 Å². The minimum atomic E-state index is 0.275. The fourth-order valence-electron chi connectivity index (χ4n) is 2.59. The molecule has 5 nitrogen and oxygen atoms in total. The lowest BCUT2D eigenvalue weighted by molar-refractivity contribution is 0.120. The normalized spacial score (nSPS) is 17.5. The molecular formula is C17H22N4O. The molecule has 1 aromatic heterocycles. The molecule has 1 unspecified atom stereocenters. The number of aromatic nitrogens is 2. The third-order valence-electron chi connectivity index (χ3n) is 3.66. The van der Waals surface area contributed by atoms with E-state index in [4.69, 9.17) is 4.74 Å². The van der Waals surface area contributed by atoms with Crippen molar-refractivity contribution in [2.45, 2.75) is 32.8 Å². The minimum absolute atomic E-state index is 0.275. The Hall–Kier alpha value is -2.14. The molecular weight excluding hydrogens is 276 g/mol. The molecule has 116 valence electrons. The highest BCUT2D eigenvalue weighted by Crippen LogP contribution is 2.18. The third kappa shape index (κ3) is 3.95. The first-order valence-electron chi connectivity index (χ1n) is 7.74. The molecule has 2 heterocycles. The molecule has 0 amide bonds. The fourth-order valence-corrected chi connectivity index (χ4v) is 2.59. The van der Waals surface area contributed by atoms with Crippen LogP contribution in [0.3, 0.4) is 0 Å². The summed E-state index contributed by atoms with van der Waals surface area (Å²) >= 11 is 0. The van der Waals surface area contributed by atoms with Crippen LogP contribution in [0.4, 0.5) is 17.5 Å². The summed E-state index contributed by atoms with van der Waals surface area (Å²) in [5.41, 5.74) is 3.18. The summed E-state index contributed by atoms with van der Waals surface area (Å²) in [4.78, 5) is 8.97. The first kappa shape index (κ1) is 14.8. The number of hydrogen-bond donors (Lipinski definition) is 2. The number of nitrogens with zero attached hydrogens (tertiary/aromatic N) is 2. The molecule has 1 atom stereocenters. The lowest BCUT2D eigenvalue weighted by atomic mass is 10.2. The predicted molar refractivity (Wildman–Crippen MR) is 88.7 cm³/mol. The second-order valence-corrected chi connectivity index (χ2v) is 5.73. The van der Waals surface area contributed by atoms with Crippen molar-refractivity contribution in [2.75, 3.05) is 23.8 Å². The summed E-state index contributed by atoms with van der Waals surface area (Å²) in [7, 11) is 0. The Labute approximate surface area is 131 Å². The van der Waals surface area contributed by atoms with Crippen LogP contribution in [-0.4, -0.2) is 29.2 Å². The summed E-state index contributed by atoms with van der Waals surface area (Å²) < 4.78 is 5.61. The molecule has 0 spiro atoms. The maximum Gasteiger partial charge on any atom is 0.224 e. The van der Waals surface area contributed by atoms with Gasteiger partial charge in [0.2, 0.25) is 5.95 Å². The molecule has 1 aliphatic rings. The standard InChI is InChI=1S/C17H22N4O/c1-12-5-3-6-14(9-12)20-16-10-13(2)19-17(21-16)18-11-15-7-4-8-22-15/h3,5-6,9-10,15H,4,7-8,11H2,1-2H3,(H2,18,19,20,21). The summed E-state index contributed by atoms with van der Waals surface area (Å²) in [6.07, 6.45) is 2.52. The molecule has 2 aromatic rings. The molecule has 3 rings (SSSR count). The van der Waals surface area contributed by atoms with Crippen LogP contribution < -0.4 is 10.6 Å². The van der Waals surface area contributed by atoms with Gasteiger partial charge in [-0.3, -0.25) is 0 Å². The van der Waals surface area contributed by atoms with Crippen LogP contribution >= 0.6 is 0 Å². The van der Waals surface area contributed by atoms with E-state index in [1.807, 2.05) is 25.1 Å². The van der Waals surface area contributed by atoms with Gasteiger partial charge >= 0.3 is 0 Å². The minimum Gasteiger partial charge on any atom is -0.376 e. The zero-order valence-corrected chi connectivity index (χ0v) is 13.1. The van der Waals surface area contributed by atoms with Gasteiger partial charge in [-0.1, -0.05) is 12.1 Å². The molecule has 1 fully saturated rings. The van der Waals surface area contributed by atoms with Gasteiger partial charge in [0.05, 0.1) is 6.10 Å². The van der Waals surface area contributed by atoms with Crippen molar-refractivity contribution in [3.05, 3.63) is 41.6 Å². The summed E-state index contributed by atoms with van der Waals surface area (Å²) in [5.74, 6) is 1.44. The zero-order chi connectivity index (χ0) is 15.4. The summed E-state index contributed by atoms with van der Waals surface area (Å²) in [5, 5.41) is 6.61. The Balaban J connectivity index is 1.68. The van der Waals surface area contributed by atoms with Gasteiger partial charge in [0.15, 0.2) is 0 Å². The Morgan fingerprint density at radius 1 is 1.23 bits per heavy atom. The Bertz CT molecular complexity index is 638. The number of anilines is 3. The first-order chi connectivity index (χ1) is 10.7. The number of nitrogens with one attached hydrogen (secondary N) is 2. The fraction of sp³-hybridized carbons (Fsp3) is 0.412. The summed E-state index contributed by atoms with van der Waals surface area (Å²) in [6.45, 7) is 5.67. The highest BCUT2D eigenvalue weighted by molar-refractivity contribution is 5.58. The summed E-state index contributed by atoms with van der Waals surface area (Å²) in [6, 6.07) is 10.2. The molecule has 1 aromatic carbocycles. The van der Waals surface area contributed by atoms with Crippen LogP contribution in [0.15, 0.2) is 30.3 Å². The molecule has 5 heteroatoms. The second-order valence-electron chi connectivity index (χ2n) is 5.73. The lowest BCUT2D eigenvalue weighted by Crippen LogP contribution is -2.20. The molecule has 0 bridgehead atoms. The SMILES string of the molecule is Cc1cccc(Nc2cc(C)nc(NCC3CCCO3)n2)c1. The number of hydrogen-bond acceptors (Lipinski definition) is 5.